The number of benzene rings is 2. The first kappa shape index (κ1) is 11.9. The quantitative estimate of drug-likeness (QED) is 0.782. The molecule has 0 fully saturated rings. The molecule has 0 spiro atoms. The lowest BCUT2D eigenvalue weighted by molar-refractivity contribution is 0.502. The van der Waals surface area contributed by atoms with Gasteiger partial charge in [0, 0.05) is 18.5 Å². The molecule has 2 N–H and O–H groups in total. The zero-order valence-corrected chi connectivity index (χ0v) is 10.2. The average molecular weight is 256 g/mol. The lowest BCUT2D eigenvalue weighted by Crippen LogP contribution is -2.13. The molecule has 1 heterocycles. The van der Waals surface area contributed by atoms with Gasteiger partial charge in [0.1, 0.15) is 11.3 Å². The zero-order valence-electron chi connectivity index (χ0n) is 10.2. The molecule has 0 radical (unpaired) electrons. The average Bonchev–Trinajstić information content (AvgIpc) is 2.81. The number of nitrogens with zero attached hydrogens (tertiary/aromatic N) is 1. The minimum Gasteiger partial charge on any atom is -0.441 e. The standard InChI is InChI=1S/C15H13FN2O/c16-11-6-7-14-13(8-11)18-15(19-14)9-12(17)10-4-2-1-3-5-10/h1-8,12H,9,17H2. The summed E-state index contributed by atoms with van der Waals surface area (Å²) in [6.07, 6.45) is 0.486. The van der Waals surface area contributed by atoms with Crippen molar-refractivity contribution in [2.45, 2.75) is 12.5 Å². The first-order valence-electron chi connectivity index (χ1n) is 6.08. The van der Waals surface area contributed by atoms with Gasteiger partial charge in [0.15, 0.2) is 11.5 Å². The Morgan fingerprint density at radius 3 is 2.74 bits per heavy atom. The van der Waals surface area contributed by atoms with Gasteiger partial charge >= 0.3 is 0 Å². The van der Waals surface area contributed by atoms with E-state index in [9.17, 15) is 4.39 Å². The van der Waals surface area contributed by atoms with Crippen LogP contribution in [0.5, 0.6) is 0 Å². The molecule has 0 aliphatic rings. The number of oxazole rings is 1. The lowest BCUT2D eigenvalue weighted by atomic mass is 10.1. The number of rotatable bonds is 3. The summed E-state index contributed by atoms with van der Waals surface area (Å²) in [7, 11) is 0. The second-order valence-electron chi connectivity index (χ2n) is 4.44. The van der Waals surface area contributed by atoms with E-state index in [4.69, 9.17) is 10.2 Å². The fraction of sp³-hybridized carbons (Fsp3) is 0.133. The number of fused-ring (bicyclic) bond motifs is 1. The fourth-order valence-electron chi connectivity index (χ4n) is 2.04. The van der Waals surface area contributed by atoms with Gasteiger partial charge in [-0.05, 0) is 17.7 Å². The smallest absolute Gasteiger partial charge is 0.197 e. The van der Waals surface area contributed by atoms with Gasteiger partial charge in [-0.3, -0.25) is 0 Å². The highest BCUT2D eigenvalue weighted by Gasteiger charge is 2.12. The van der Waals surface area contributed by atoms with Gasteiger partial charge < -0.3 is 10.2 Å². The molecule has 3 rings (SSSR count). The minimum absolute atomic E-state index is 0.181. The highest BCUT2D eigenvalue weighted by atomic mass is 19.1. The van der Waals surface area contributed by atoms with E-state index in [1.807, 2.05) is 30.3 Å². The second-order valence-corrected chi connectivity index (χ2v) is 4.44. The van der Waals surface area contributed by atoms with Crippen LogP contribution < -0.4 is 5.73 Å². The predicted molar refractivity (Wildman–Crippen MR) is 71.0 cm³/mol. The summed E-state index contributed by atoms with van der Waals surface area (Å²) in [6, 6.07) is 13.9. The number of hydrogen-bond acceptors (Lipinski definition) is 3. The van der Waals surface area contributed by atoms with Gasteiger partial charge in [-0.1, -0.05) is 30.3 Å². The molecule has 96 valence electrons. The Hall–Kier alpha value is -2.20. The molecule has 19 heavy (non-hydrogen) atoms. The molecule has 0 saturated heterocycles. The van der Waals surface area contributed by atoms with Gasteiger partial charge in [-0.15, -0.1) is 0 Å². The topological polar surface area (TPSA) is 52.0 Å². The van der Waals surface area contributed by atoms with E-state index in [2.05, 4.69) is 4.98 Å². The summed E-state index contributed by atoms with van der Waals surface area (Å²) in [5.74, 6) is 0.205. The third-order valence-electron chi connectivity index (χ3n) is 3.02. The van der Waals surface area contributed by atoms with Gasteiger partial charge in [0.2, 0.25) is 0 Å². The Balaban J connectivity index is 1.85. The second kappa shape index (κ2) is 4.82. The van der Waals surface area contributed by atoms with E-state index in [0.29, 0.717) is 23.4 Å². The number of aromatic nitrogens is 1. The van der Waals surface area contributed by atoms with Crippen LogP contribution in [0, 0.1) is 5.82 Å². The summed E-state index contributed by atoms with van der Waals surface area (Å²) < 4.78 is 18.6. The molecule has 1 aromatic heterocycles. The van der Waals surface area contributed by atoms with Crippen molar-refractivity contribution in [3.63, 3.8) is 0 Å². The molecular formula is C15H13FN2O. The summed E-state index contributed by atoms with van der Waals surface area (Å²) in [5.41, 5.74) is 8.23. The van der Waals surface area contributed by atoms with E-state index in [-0.39, 0.29) is 11.9 Å². The Bertz CT molecular complexity index is 694. The predicted octanol–water partition coefficient (Wildman–Crippen LogP) is 3.21. The molecule has 1 atom stereocenters. The highest BCUT2D eigenvalue weighted by Crippen LogP contribution is 2.20. The summed E-state index contributed by atoms with van der Waals surface area (Å²) in [5, 5.41) is 0. The van der Waals surface area contributed by atoms with Gasteiger partial charge in [-0.2, -0.15) is 0 Å². The Kier molecular flexibility index (Phi) is 3.01. The van der Waals surface area contributed by atoms with Crippen LogP contribution in [0.4, 0.5) is 4.39 Å². The molecule has 2 aromatic carbocycles. The van der Waals surface area contributed by atoms with Crippen molar-refractivity contribution in [2.24, 2.45) is 5.73 Å². The number of nitrogens with two attached hydrogens (primary N) is 1. The molecule has 0 aliphatic carbocycles. The summed E-state index contributed by atoms with van der Waals surface area (Å²) in [6.45, 7) is 0. The molecule has 3 aromatic rings. The van der Waals surface area contributed by atoms with Crippen molar-refractivity contribution >= 4 is 11.1 Å². The molecule has 4 heteroatoms. The normalized spacial score (nSPS) is 12.7. The molecule has 3 nitrogen and oxygen atoms in total. The van der Waals surface area contributed by atoms with Crippen molar-refractivity contribution in [2.75, 3.05) is 0 Å². The molecule has 0 bridgehead atoms. The Morgan fingerprint density at radius 2 is 1.95 bits per heavy atom. The third-order valence-corrected chi connectivity index (χ3v) is 3.02. The van der Waals surface area contributed by atoms with Crippen LogP contribution in [0.1, 0.15) is 17.5 Å². The minimum atomic E-state index is -0.320. The molecule has 0 aliphatic heterocycles. The van der Waals surface area contributed by atoms with Crippen molar-refractivity contribution in [3.8, 4) is 0 Å². The van der Waals surface area contributed by atoms with Crippen LogP contribution in [-0.4, -0.2) is 4.98 Å². The number of halogens is 1. The van der Waals surface area contributed by atoms with Crippen LogP contribution in [0.2, 0.25) is 0 Å². The lowest BCUT2D eigenvalue weighted by Gasteiger charge is -2.08. The molecular weight excluding hydrogens is 243 g/mol. The van der Waals surface area contributed by atoms with E-state index in [1.165, 1.54) is 12.1 Å². The monoisotopic (exact) mass is 256 g/mol. The maximum atomic E-state index is 13.1. The van der Waals surface area contributed by atoms with E-state index >= 15 is 0 Å². The van der Waals surface area contributed by atoms with Gasteiger partial charge in [-0.25, -0.2) is 9.37 Å². The van der Waals surface area contributed by atoms with E-state index in [0.717, 1.165) is 5.56 Å². The first-order chi connectivity index (χ1) is 9.22. The van der Waals surface area contributed by atoms with Crippen LogP contribution in [0.3, 0.4) is 0 Å². The van der Waals surface area contributed by atoms with Crippen LogP contribution in [-0.2, 0) is 6.42 Å². The SMILES string of the molecule is NC(Cc1nc2cc(F)ccc2o1)c1ccccc1. The maximum absolute atomic E-state index is 13.1. The Labute approximate surface area is 109 Å². The first-order valence-corrected chi connectivity index (χ1v) is 6.08. The molecule has 0 saturated carbocycles. The molecule has 1 unspecified atom stereocenters. The maximum Gasteiger partial charge on any atom is 0.197 e. The number of hydrogen-bond donors (Lipinski definition) is 1. The highest BCUT2D eigenvalue weighted by molar-refractivity contribution is 5.72. The van der Waals surface area contributed by atoms with Crippen LogP contribution >= 0.6 is 0 Å². The van der Waals surface area contributed by atoms with Crippen LogP contribution in [0.15, 0.2) is 52.9 Å². The molecule has 0 amide bonds. The summed E-state index contributed by atoms with van der Waals surface area (Å²) in [4.78, 5) is 4.25. The fourth-order valence-corrected chi connectivity index (χ4v) is 2.04. The van der Waals surface area contributed by atoms with Crippen molar-refractivity contribution in [1.29, 1.82) is 0 Å². The zero-order chi connectivity index (χ0) is 13.2. The van der Waals surface area contributed by atoms with Gasteiger partial charge in [0.25, 0.3) is 0 Å². The third kappa shape index (κ3) is 2.48. The van der Waals surface area contributed by atoms with Crippen molar-refractivity contribution in [1.82, 2.24) is 4.98 Å². The van der Waals surface area contributed by atoms with E-state index in [1.54, 1.807) is 6.07 Å². The summed E-state index contributed by atoms with van der Waals surface area (Å²) >= 11 is 0. The van der Waals surface area contributed by atoms with E-state index < -0.39 is 0 Å². The largest absolute Gasteiger partial charge is 0.441 e. The van der Waals surface area contributed by atoms with Crippen molar-refractivity contribution in [3.05, 3.63) is 65.8 Å². The Morgan fingerprint density at radius 1 is 1.16 bits per heavy atom. The van der Waals surface area contributed by atoms with Gasteiger partial charge in [0.05, 0.1) is 0 Å². The van der Waals surface area contributed by atoms with Crippen molar-refractivity contribution < 1.29 is 8.81 Å². The van der Waals surface area contributed by atoms with Crippen LogP contribution in [0.25, 0.3) is 11.1 Å².